The molecule has 0 aliphatic carbocycles. The number of aliphatic imine (C=N–C) groups is 1. The minimum Gasteiger partial charge on any atom is -0.490 e. The van der Waals surface area contributed by atoms with E-state index >= 15 is 0 Å². The average Bonchev–Trinajstić information content (AvgIpc) is 3.20. The van der Waals surface area contributed by atoms with Crippen LogP contribution in [0.5, 0.6) is 11.5 Å². The molecule has 8 nitrogen and oxygen atoms in total. The molecule has 0 spiro atoms. The lowest BCUT2D eigenvalue weighted by atomic mass is 10.1. The van der Waals surface area contributed by atoms with Crippen molar-refractivity contribution in [3.63, 3.8) is 0 Å². The van der Waals surface area contributed by atoms with E-state index in [2.05, 4.69) is 20.9 Å². The first-order valence-electron chi connectivity index (χ1n) is 10.9. The number of carbonyl (C=O) groups is 1. The van der Waals surface area contributed by atoms with Crippen LogP contribution in [0.4, 0.5) is 5.69 Å². The topological polar surface area (TPSA) is 100 Å². The van der Waals surface area contributed by atoms with Crippen LogP contribution in [0.15, 0.2) is 69.8 Å². The van der Waals surface area contributed by atoms with Gasteiger partial charge in [0.25, 0.3) is 5.69 Å². The number of cyclic esters (lactones) is 1. The Morgan fingerprint density at radius 1 is 1.17 bits per heavy atom. The largest absolute Gasteiger partial charge is 0.490 e. The molecule has 184 valence electrons. The Labute approximate surface area is 220 Å². The van der Waals surface area contributed by atoms with Crippen molar-refractivity contribution in [2.75, 3.05) is 6.61 Å². The molecule has 4 rings (SSSR count). The van der Waals surface area contributed by atoms with Gasteiger partial charge in [-0.05, 0) is 76.8 Å². The third-order valence-corrected chi connectivity index (χ3v) is 6.19. The first kappa shape index (κ1) is 25.4. The summed E-state index contributed by atoms with van der Waals surface area (Å²) in [6, 6.07) is 15.5. The molecule has 0 amide bonds. The van der Waals surface area contributed by atoms with E-state index in [1.165, 1.54) is 24.3 Å². The number of hydrogen-bond acceptors (Lipinski definition) is 7. The first-order chi connectivity index (χ1) is 17.3. The molecule has 0 atom stereocenters. The minimum absolute atomic E-state index is 0.0255. The van der Waals surface area contributed by atoms with Gasteiger partial charge in [0.1, 0.15) is 11.6 Å². The van der Waals surface area contributed by atoms with Crippen LogP contribution in [-0.2, 0) is 16.1 Å². The Balaban J connectivity index is 1.63. The molecule has 0 saturated carbocycles. The van der Waals surface area contributed by atoms with Crippen LogP contribution in [0.1, 0.15) is 29.2 Å². The van der Waals surface area contributed by atoms with Gasteiger partial charge in [0.2, 0.25) is 5.90 Å². The van der Waals surface area contributed by atoms with Crippen molar-refractivity contribution in [3.05, 3.63) is 102 Å². The van der Waals surface area contributed by atoms with Crippen LogP contribution in [0.3, 0.4) is 0 Å². The zero-order chi connectivity index (χ0) is 25.8. The SMILES string of the molecule is CCOc1cc(/C=C2\N=C(c3ccc(Cl)c([N+](=O)[O-])c3)OC2=O)cc(Br)c1OCc1ccccc1C. The average molecular weight is 572 g/mol. The summed E-state index contributed by atoms with van der Waals surface area (Å²) in [6.07, 6.45) is 1.54. The predicted octanol–water partition coefficient (Wildman–Crippen LogP) is 6.64. The summed E-state index contributed by atoms with van der Waals surface area (Å²) in [4.78, 5) is 27.3. The quantitative estimate of drug-likeness (QED) is 0.130. The molecule has 0 unspecified atom stereocenters. The van der Waals surface area contributed by atoms with Crippen molar-refractivity contribution in [2.45, 2.75) is 20.5 Å². The summed E-state index contributed by atoms with van der Waals surface area (Å²) in [6.45, 7) is 4.65. The normalized spacial score (nSPS) is 13.9. The van der Waals surface area contributed by atoms with Crippen LogP contribution in [0.25, 0.3) is 6.08 Å². The second-order valence-electron chi connectivity index (χ2n) is 7.74. The fourth-order valence-electron chi connectivity index (χ4n) is 3.47. The zero-order valence-electron chi connectivity index (χ0n) is 19.3. The van der Waals surface area contributed by atoms with Crippen molar-refractivity contribution in [1.29, 1.82) is 0 Å². The van der Waals surface area contributed by atoms with Crippen molar-refractivity contribution >= 4 is 51.2 Å². The zero-order valence-corrected chi connectivity index (χ0v) is 21.6. The van der Waals surface area contributed by atoms with Crippen molar-refractivity contribution < 1.29 is 23.9 Å². The minimum atomic E-state index is -0.684. The standard InChI is InChI=1S/C26H20BrClN2O6/c1-3-34-23-12-16(10-19(27)24(23)35-14-18-7-5-4-6-15(18)2)11-21-26(31)36-25(29-21)17-8-9-20(28)22(13-17)30(32)33/h4-13H,3,14H2,1-2H3/b21-11-. The van der Waals surface area contributed by atoms with Gasteiger partial charge in [-0.2, -0.15) is 0 Å². The number of ether oxygens (including phenoxy) is 3. The summed E-state index contributed by atoms with van der Waals surface area (Å²) in [5.41, 5.74) is 2.78. The number of esters is 1. The van der Waals surface area contributed by atoms with Gasteiger partial charge >= 0.3 is 5.97 Å². The molecule has 1 aliphatic heterocycles. The molecule has 0 bridgehead atoms. The van der Waals surface area contributed by atoms with Gasteiger partial charge in [0, 0.05) is 11.6 Å². The highest BCUT2D eigenvalue weighted by molar-refractivity contribution is 9.10. The smallest absolute Gasteiger partial charge is 0.363 e. The lowest BCUT2D eigenvalue weighted by Crippen LogP contribution is -2.06. The van der Waals surface area contributed by atoms with Crippen LogP contribution < -0.4 is 9.47 Å². The maximum absolute atomic E-state index is 12.5. The number of aryl methyl sites for hydroxylation is 1. The van der Waals surface area contributed by atoms with E-state index in [1.807, 2.05) is 38.1 Å². The molecule has 36 heavy (non-hydrogen) atoms. The number of rotatable bonds is 8. The van der Waals surface area contributed by atoms with Crippen molar-refractivity contribution in [3.8, 4) is 11.5 Å². The summed E-state index contributed by atoms with van der Waals surface area (Å²) in [7, 11) is 0. The van der Waals surface area contributed by atoms with E-state index in [1.54, 1.807) is 12.1 Å². The Morgan fingerprint density at radius 3 is 2.67 bits per heavy atom. The molecule has 3 aromatic rings. The van der Waals surface area contributed by atoms with E-state index in [-0.39, 0.29) is 27.9 Å². The van der Waals surface area contributed by atoms with Gasteiger partial charge < -0.3 is 14.2 Å². The molecule has 10 heteroatoms. The van der Waals surface area contributed by atoms with Crippen molar-refractivity contribution in [2.24, 2.45) is 4.99 Å². The van der Waals surface area contributed by atoms with Crippen LogP contribution >= 0.6 is 27.5 Å². The molecule has 0 saturated heterocycles. The number of benzene rings is 3. The van der Waals surface area contributed by atoms with E-state index in [0.717, 1.165) is 11.1 Å². The first-order valence-corrected chi connectivity index (χ1v) is 12.0. The Bertz CT molecular complexity index is 1420. The highest BCUT2D eigenvalue weighted by atomic mass is 79.9. The molecule has 1 heterocycles. The monoisotopic (exact) mass is 570 g/mol. The predicted molar refractivity (Wildman–Crippen MR) is 140 cm³/mol. The Hall–Kier alpha value is -3.69. The van der Waals surface area contributed by atoms with Gasteiger partial charge in [-0.1, -0.05) is 35.9 Å². The molecule has 3 aromatic carbocycles. The maximum atomic E-state index is 12.5. The number of nitrogens with zero attached hydrogens (tertiary/aromatic N) is 2. The third kappa shape index (κ3) is 5.58. The van der Waals surface area contributed by atoms with Gasteiger partial charge in [0.15, 0.2) is 17.2 Å². The summed E-state index contributed by atoms with van der Waals surface area (Å²) >= 11 is 9.41. The Kier molecular flexibility index (Phi) is 7.71. The Morgan fingerprint density at radius 2 is 1.94 bits per heavy atom. The van der Waals surface area contributed by atoms with Crippen molar-refractivity contribution in [1.82, 2.24) is 0 Å². The van der Waals surface area contributed by atoms with E-state index in [4.69, 9.17) is 25.8 Å². The summed E-state index contributed by atoms with van der Waals surface area (Å²) in [5.74, 6) is 0.301. The van der Waals surface area contributed by atoms with Crippen LogP contribution in [-0.4, -0.2) is 23.4 Å². The van der Waals surface area contributed by atoms with E-state index < -0.39 is 10.9 Å². The van der Waals surface area contributed by atoms with Gasteiger partial charge in [-0.15, -0.1) is 0 Å². The highest BCUT2D eigenvalue weighted by Gasteiger charge is 2.26. The number of carbonyl (C=O) groups excluding carboxylic acids is 1. The van der Waals surface area contributed by atoms with Crippen LogP contribution in [0, 0.1) is 17.0 Å². The fourth-order valence-corrected chi connectivity index (χ4v) is 4.23. The summed E-state index contributed by atoms with van der Waals surface area (Å²) in [5, 5.41) is 11.2. The number of halogens is 2. The summed E-state index contributed by atoms with van der Waals surface area (Å²) < 4.78 is 17.7. The number of hydrogen-bond donors (Lipinski definition) is 0. The molecular formula is C26H20BrClN2O6. The molecule has 0 fully saturated rings. The van der Waals surface area contributed by atoms with Gasteiger partial charge in [0.05, 0.1) is 16.0 Å². The lowest BCUT2D eigenvalue weighted by Gasteiger charge is -2.15. The lowest BCUT2D eigenvalue weighted by molar-refractivity contribution is -0.384. The second-order valence-corrected chi connectivity index (χ2v) is 9.00. The third-order valence-electron chi connectivity index (χ3n) is 5.28. The number of nitro benzene ring substituents is 1. The fraction of sp³-hybridized carbons (Fsp3) is 0.154. The molecule has 0 radical (unpaired) electrons. The molecule has 1 aliphatic rings. The van der Waals surface area contributed by atoms with Gasteiger partial charge in [-0.25, -0.2) is 9.79 Å². The maximum Gasteiger partial charge on any atom is 0.363 e. The van der Waals surface area contributed by atoms with Gasteiger partial charge in [-0.3, -0.25) is 10.1 Å². The van der Waals surface area contributed by atoms with Crippen LogP contribution in [0.2, 0.25) is 5.02 Å². The van der Waals surface area contributed by atoms with E-state index in [0.29, 0.717) is 34.7 Å². The number of nitro groups is 1. The molecule has 0 aromatic heterocycles. The second kappa shape index (κ2) is 10.9. The van der Waals surface area contributed by atoms with E-state index in [9.17, 15) is 14.9 Å². The highest BCUT2D eigenvalue weighted by Crippen LogP contribution is 2.38. The molecular weight excluding hydrogens is 552 g/mol. The molecule has 0 N–H and O–H groups in total.